The third-order valence-electron chi connectivity index (χ3n) is 4.09. The molecular formula is C18H28O. The molecular weight excluding hydrogens is 232 g/mol. The summed E-state index contributed by atoms with van der Waals surface area (Å²) in [5.41, 5.74) is 4.90. The topological polar surface area (TPSA) is 17.1 Å². The average molecular weight is 260 g/mol. The lowest BCUT2D eigenvalue weighted by molar-refractivity contribution is 0.101. The lowest BCUT2D eigenvalue weighted by atomic mass is 9.76. The summed E-state index contributed by atoms with van der Waals surface area (Å²) >= 11 is 0. The summed E-state index contributed by atoms with van der Waals surface area (Å²) in [6.07, 6.45) is 4.66. The van der Waals surface area contributed by atoms with Crippen molar-refractivity contribution in [2.75, 3.05) is 0 Å². The van der Waals surface area contributed by atoms with E-state index in [2.05, 4.69) is 39.8 Å². The number of hydrogen-bond donors (Lipinski definition) is 0. The van der Waals surface area contributed by atoms with Gasteiger partial charge in [0.25, 0.3) is 0 Å². The molecule has 1 aromatic rings. The highest BCUT2D eigenvalue weighted by atomic mass is 16.1. The van der Waals surface area contributed by atoms with Gasteiger partial charge in [-0.1, -0.05) is 46.6 Å². The molecule has 1 nitrogen and oxygen atoms in total. The van der Waals surface area contributed by atoms with Crippen LogP contribution in [0.2, 0.25) is 0 Å². The van der Waals surface area contributed by atoms with Crippen LogP contribution in [0, 0.1) is 6.92 Å². The molecule has 0 heterocycles. The second kappa shape index (κ2) is 6.36. The molecule has 0 saturated heterocycles. The van der Waals surface area contributed by atoms with Crippen molar-refractivity contribution < 1.29 is 4.79 Å². The number of aryl methyl sites for hydroxylation is 2. The Morgan fingerprint density at radius 1 is 1.21 bits per heavy atom. The van der Waals surface area contributed by atoms with E-state index in [9.17, 15) is 4.79 Å². The molecule has 0 atom stereocenters. The molecule has 0 fully saturated rings. The first-order valence-electron chi connectivity index (χ1n) is 7.48. The summed E-state index contributed by atoms with van der Waals surface area (Å²) in [6.45, 7) is 12.7. The van der Waals surface area contributed by atoms with E-state index in [0.29, 0.717) is 0 Å². The summed E-state index contributed by atoms with van der Waals surface area (Å²) in [6, 6.07) is 4.35. The Hall–Kier alpha value is -1.11. The van der Waals surface area contributed by atoms with Crippen molar-refractivity contribution in [1.29, 1.82) is 0 Å². The van der Waals surface area contributed by atoms with Crippen LogP contribution in [0.15, 0.2) is 12.1 Å². The minimum Gasteiger partial charge on any atom is -0.295 e. The van der Waals surface area contributed by atoms with Gasteiger partial charge in [-0.25, -0.2) is 0 Å². The van der Waals surface area contributed by atoms with Gasteiger partial charge < -0.3 is 0 Å². The maximum Gasteiger partial charge on any atom is 0.160 e. The highest BCUT2D eigenvalue weighted by Gasteiger charge is 2.24. The Kier molecular flexibility index (Phi) is 5.34. The van der Waals surface area contributed by atoms with Crippen LogP contribution in [0.4, 0.5) is 0 Å². The molecule has 1 heteroatoms. The summed E-state index contributed by atoms with van der Waals surface area (Å²) < 4.78 is 0. The van der Waals surface area contributed by atoms with Crippen LogP contribution in [0.3, 0.4) is 0 Å². The number of unbranched alkanes of at least 4 members (excludes halogenated alkanes) is 1. The first-order chi connectivity index (χ1) is 8.83. The van der Waals surface area contributed by atoms with Gasteiger partial charge in [-0.05, 0) is 54.9 Å². The molecule has 0 radical (unpaired) electrons. The van der Waals surface area contributed by atoms with E-state index in [1.165, 1.54) is 30.4 Å². The lowest BCUT2D eigenvalue weighted by Crippen LogP contribution is -2.20. The van der Waals surface area contributed by atoms with Gasteiger partial charge in [-0.2, -0.15) is 0 Å². The molecule has 0 aromatic heterocycles. The molecule has 0 aliphatic heterocycles. The van der Waals surface area contributed by atoms with Crippen molar-refractivity contribution in [3.05, 3.63) is 34.4 Å². The first kappa shape index (κ1) is 15.9. The van der Waals surface area contributed by atoms with Gasteiger partial charge in [0.15, 0.2) is 5.78 Å². The average Bonchev–Trinajstić information content (AvgIpc) is 2.35. The van der Waals surface area contributed by atoms with Crippen molar-refractivity contribution in [3.8, 4) is 0 Å². The molecule has 0 bridgehead atoms. The van der Waals surface area contributed by atoms with E-state index in [1.54, 1.807) is 6.92 Å². The third kappa shape index (κ3) is 3.68. The number of ketones is 1. The normalized spacial score (nSPS) is 11.7. The van der Waals surface area contributed by atoms with Gasteiger partial charge in [0.1, 0.15) is 0 Å². The minimum absolute atomic E-state index is 0.152. The Labute approximate surface area is 118 Å². The zero-order valence-electron chi connectivity index (χ0n) is 13.4. The molecule has 0 saturated carbocycles. The largest absolute Gasteiger partial charge is 0.295 e. The van der Waals surface area contributed by atoms with Crippen LogP contribution < -0.4 is 0 Å². The van der Waals surface area contributed by atoms with Crippen LogP contribution in [0.1, 0.15) is 80.9 Å². The molecule has 1 aromatic carbocycles. The monoisotopic (exact) mass is 260 g/mol. The van der Waals surface area contributed by atoms with Gasteiger partial charge in [0.05, 0.1) is 0 Å². The fourth-order valence-electron chi connectivity index (χ4n) is 2.82. The number of benzene rings is 1. The van der Waals surface area contributed by atoms with Crippen molar-refractivity contribution in [3.63, 3.8) is 0 Å². The number of carbonyl (C=O) groups excluding carboxylic acids is 1. The predicted molar refractivity (Wildman–Crippen MR) is 83.1 cm³/mol. The highest BCUT2D eigenvalue weighted by Crippen LogP contribution is 2.33. The molecule has 0 N–H and O–H groups in total. The Morgan fingerprint density at radius 2 is 1.84 bits per heavy atom. The fraction of sp³-hybridized carbons (Fsp3) is 0.611. The fourth-order valence-corrected chi connectivity index (χ4v) is 2.82. The summed E-state index contributed by atoms with van der Waals surface area (Å²) in [7, 11) is 0. The van der Waals surface area contributed by atoms with Gasteiger partial charge >= 0.3 is 0 Å². The van der Waals surface area contributed by atoms with E-state index in [-0.39, 0.29) is 11.2 Å². The maximum absolute atomic E-state index is 11.8. The van der Waals surface area contributed by atoms with Gasteiger partial charge in [-0.3, -0.25) is 4.79 Å². The number of rotatable bonds is 6. The molecule has 0 aliphatic carbocycles. The third-order valence-corrected chi connectivity index (χ3v) is 4.09. The summed E-state index contributed by atoms with van der Waals surface area (Å²) in [5.74, 6) is 0.174. The SMILES string of the molecule is CCCCC(C)(C)c1cc(C(C)=O)c(C)cc1CC. The summed E-state index contributed by atoms with van der Waals surface area (Å²) in [5, 5.41) is 0. The zero-order chi connectivity index (χ0) is 14.6. The zero-order valence-corrected chi connectivity index (χ0v) is 13.4. The van der Waals surface area contributed by atoms with Crippen LogP contribution in [0.25, 0.3) is 0 Å². The van der Waals surface area contributed by atoms with E-state index >= 15 is 0 Å². The van der Waals surface area contributed by atoms with Crippen LogP contribution in [0.5, 0.6) is 0 Å². The molecule has 0 amide bonds. The summed E-state index contributed by atoms with van der Waals surface area (Å²) in [4.78, 5) is 11.8. The second-order valence-electron chi connectivity index (χ2n) is 6.22. The van der Waals surface area contributed by atoms with Gasteiger partial charge in [0, 0.05) is 5.56 Å². The number of hydrogen-bond acceptors (Lipinski definition) is 1. The predicted octanol–water partition coefficient (Wildman–Crippen LogP) is 5.23. The first-order valence-corrected chi connectivity index (χ1v) is 7.48. The Balaban J connectivity index is 3.31. The van der Waals surface area contributed by atoms with Gasteiger partial charge in [0.2, 0.25) is 0 Å². The molecule has 0 aliphatic rings. The Bertz CT molecular complexity index is 455. The maximum atomic E-state index is 11.8. The van der Waals surface area contributed by atoms with E-state index in [4.69, 9.17) is 0 Å². The van der Waals surface area contributed by atoms with E-state index in [1.807, 2.05) is 6.92 Å². The van der Waals surface area contributed by atoms with Crippen LogP contribution >= 0.6 is 0 Å². The molecule has 19 heavy (non-hydrogen) atoms. The smallest absolute Gasteiger partial charge is 0.160 e. The highest BCUT2D eigenvalue weighted by molar-refractivity contribution is 5.95. The molecule has 1 rings (SSSR count). The van der Waals surface area contributed by atoms with E-state index in [0.717, 1.165) is 17.5 Å². The minimum atomic E-state index is 0.152. The number of carbonyl (C=O) groups is 1. The Morgan fingerprint density at radius 3 is 2.32 bits per heavy atom. The molecule has 106 valence electrons. The van der Waals surface area contributed by atoms with Crippen LogP contribution in [-0.2, 0) is 11.8 Å². The molecule has 0 unspecified atom stereocenters. The van der Waals surface area contributed by atoms with Crippen LogP contribution in [-0.4, -0.2) is 5.78 Å². The van der Waals surface area contributed by atoms with E-state index < -0.39 is 0 Å². The number of Topliss-reactive ketones (excluding diaryl/α,β-unsaturated/α-hetero) is 1. The quantitative estimate of drug-likeness (QED) is 0.640. The second-order valence-corrected chi connectivity index (χ2v) is 6.22. The van der Waals surface area contributed by atoms with Gasteiger partial charge in [-0.15, -0.1) is 0 Å². The van der Waals surface area contributed by atoms with Crippen molar-refractivity contribution in [2.45, 2.75) is 72.6 Å². The standard InChI is InChI=1S/C18H28O/c1-7-9-10-18(5,6)17-12-16(14(4)19)13(3)11-15(17)8-2/h11-12H,7-10H2,1-6H3. The lowest BCUT2D eigenvalue weighted by Gasteiger charge is -2.29. The molecule has 0 spiro atoms. The van der Waals surface area contributed by atoms with Crippen molar-refractivity contribution >= 4 is 5.78 Å². The van der Waals surface area contributed by atoms with Crippen molar-refractivity contribution in [2.24, 2.45) is 0 Å². The van der Waals surface area contributed by atoms with Crippen molar-refractivity contribution in [1.82, 2.24) is 0 Å².